The number of aryl methyl sites for hydroxylation is 1. The Morgan fingerprint density at radius 1 is 1.17 bits per heavy atom. The van der Waals surface area contributed by atoms with E-state index >= 15 is 0 Å². The molecule has 0 spiro atoms. The van der Waals surface area contributed by atoms with Crippen LogP contribution in [0.5, 0.6) is 0 Å². The minimum atomic E-state index is -0.0256. The molecule has 152 valence electrons. The van der Waals surface area contributed by atoms with Crippen molar-refractivity contribution in [1.82, 2.24) is 15.2 Å². The van der Waals surface area contributed by atoms with Gasteiger partial charge in [-0.05, 0) is 30.8 Å². The predicted molar refractivity (Wildman–Crippen MR) is 116 cm³/mol. The molecule has 0 fully saturated rings. The van der Waals surface area contributed by atoms with Crippen molar-refractivity contribution >= 4 is 29.1 Å². The van der Waals surface area contributed by atoms with Crippen molar-refractivity contribution in [2.75, 3.05) is 20.1 Å². The van der Waals surface area contributed by atoms with Crippen molar-refractivity contribution in [1.29, 1.82) is 0 Å². The smallest absolute Gasteiger partial charge is 0.220 e. The zero-order valence-electron chi connectivity index (χ0n) is 16.2. The lowest BCUT2D eigenvalue weighted by Gasteiger charge is -2.16. The maximum absolute atomic E-state index is 12.1. The van der Waals surface area contributed by atoms with Crippen LogP contribution in [-0.2, 0) is 17.8 Å². The molecule has 0 saturated carbocycles. The Balaban J connectivity index is 1.40. The van der Waals surface area contributed by atoms with E-state index in [4.69, 9.17) is 27.6 Å². The van der Waals surface area contributed by atoms with Crippen LogP contribution in [-0.4, -0.2) is 35.9 Å². The van der Waals surface area contributed by atoms with Crippen LogP contribution < -0.4 is 5.32 Å². The van der Waals surface area contributed by atoms with Crippen LogP contribution in [0.15, 0.2) is 59.1 Å². The summed E-state index contributed by atoms with van der Waals surface area (Å²) < 4.78 is 5.72. The number of benzene rings is 2. The number of amides is 1. The average molecular weight is 432 g/mol. The van der Waals surface area contributed by atoms with Crippen LogP contribution in [0.3, 0.4) is 0 Å². The van der Waals surface area contributed by atoms with E-state index in [2.05, 4.69) is 27.3 Å². The van der Waals surface area contributed by atoms with Crippen molar-refractivity contribution in [3.63, 3.8) is 0 Å². The van der Waals surface area contributed by atoms with Crippen LogP contribution in [0.4, 0.5) is 0 Å². The number of likely N-dealkylation sites (N-methyl/N-ethyl adjacent to an activating group) is 1. The molecule has 0 aliphatic rings. The number of nitrogens with one attached hydrogen (secondary N) is 1. The van der Waals surface area contributed by atoms with Gasteiger partial charge in [-0.25, -0.2) is 4.98 Å². The summed E-state index contributed by atoms with van der Waals surface area (Å²) in [5.41, 5.74) is 1.97. The number of hydrogen-bond donors (Lipinski definition) is 1. The van der Waals surface area contributed by atoms with Crippen molar-refractivity contribution in [2.45, 2.75) is 19.4 Å². The first-order valence-electron chi connectivity index (χ1n) is 9.40. The Bertz CT molecular complexity index is 944. The van der Waals surface area contributed by atoms with E-state index in [1.54, 1.807) is 24.4 Å². The molecule has 0 unspecified atom stereocenters. The first kappa shape index (κ1) is 21.4. The predicted octanol–water partition coefficient (Wildman–Crippen LogP) is 4.83. The third-order valence-corrected chi connectivity index (χ3v) is 4.97. The van der Waals surface area contributed by atoms with Gasteiger partial charge in [-0.15, -0.1) is 0 Å². The Labute approximate surface area is 180 Å². The Morgan fingerprint density at radius 2 is 1.97 bits per heavy atom. The maximum atomic E-state index is 12.1. The summed E-state index contributed by atoms with van der Waals surface area (Å²) in [4.78, 5) is 18.5. The molecule has 5 nitrogen and oxygen atoms in total. The number of nitrogens with zero attached hydrogens (tertiary/aromatic N) is 2. The van der Waals surface area contributed by atoms with Gasteiger partial charge in [0.2, 0.25) is 5.91 Å². The minimum absolute atomic E-state index is 0.0256. The van der Waals surface area contributed by atoms with Crippen molar-refractivity contribution in [3.05, 3.63) is 76.2 Å². The summed E-state index contributed by atoms with van der Waals surface area (Å²) in [5, 5.41) is 4.00. The van der Waals surface area contributed by atoms with Gasteiger partial charge < -0.3 is 14.6 Å². The third kappa shape index (κ3) is 6.60. The minimum Gasteiger partial charge on any atom is -0.441 e. The van der Waals surface area contributed by atoms with E-state index < -0.39 is 0 Å². The third-order valence-electron chi connectivity index (χ3n) is 4.43. The summed E-state index contributed by atoms with van der Waals surface area (Å²) in [6.45, 7) is 2.22. The second kappa shape index (κ2) is 10.4. The summed E-state index contributed by atoms with van der Waals surface area (Å²) in [6.07, 6.45) is 2.36. The molecule has 0 saturated heterocycles. The summed E-state index contributed by atoms with van der Waals surface area (Å²) in [5.74, 6) is 1.04. The SMILES string of the molecule is CN(CCNC(=O)CCc1ncc(-c2ccc(Cl)cc2Cl)o1)Cc1ccccc1. The summed E-state index contributed by atoms with van der Waals surface area (Å²) >= 11 is 12.1. The Morgan fingerprint density at radius 3 is 2.72 bits per heavy atom. The lowest BCUT2D eigenvalue weighted by atomic mass is 10.2. The second-order valence-corrected chi connectivity index (χ2v) is 7.66. The number of aromatic nitrogens is 1. The molecule has 1 N–H and O–H groups in total. The van der Waals surface area contributed by atoms with Gasteiger partial charge in [0.1, 0.15) is 0 Å². The average Bonchev–Trinajstić information content (AvgIpc) is 3.16. The fraction of sp³-hybridized carbons (Fsp3) is 0.273. The molecule has 0 atom stereocenters. The largest absolute Gasteiger partial charge is 0.441 e. The van der Waals surface area contributed by atoms with E-state index in [9.17, 15) is 4.79 Å². The molecule has 3 aromatic rings. The van der Waals surface area contributed by atoms with Gasteiger partial charge in [-0.3, -0.25) is 4.79 Å². The molecular weight excluding hydrogens is 409 g/mol. The van der Waals surface area contributed by atoms with Crippen molar-refractivity contribution in [2.24, 2.45) is 0 Å². The van der Waals surface area contributed by atoms with Gasteiger partial charge in [0.05, 0.1) is 11.2 Å². The lowest BCUT2D eigenvalue weighted by Crippen LogP contribution is -2.32. The number of oxazole rings is 1. The van der Waals surface area contributed by atoms with E-state index in [0.29, 0.717) is 41.1 Å². The van der Waals surface area contributed by atoms with Gasteiger partial charge in [-0.1, -0.05) is 53.5 Å². The number of halogens is 2. The molecule has 0 aliphatic heterocycles. The van der Waals surface area contributed by atoms with Crippen LogP contribution >= 0.6 is 23.2 Å². The molecule has 7 heteroatoms. The van der Waals surface area contributed by atoms with Crippen LogP contribution in [0, 0.1) is 0 Å². The number of carbonyl (C=O) groups is 1. The first-order chi connectivity index (χ1) is 14.0. The Hall–Kier alpha value is -2.34. The summed E-state index contributed by atoms with van der Waals surface area (Å²) in [6, 6.07) is 15.4. The molecule has 1 heterocycles. The molecule has 0 radical (unpaired) electrons. The van der Waals surface area contributed by atoms with Crippen LogP contribution in [0.2, 0.25) is 10.0 Å². The first-order valence-corrected chi connectivity index (χ1v) is 10.2. The highest BCUT2D eigenvalue weighted by Crippen LogP contribution is 2.30. The quantitative estimate of drug-likeness (QED) is 0.526. The number of carbonyl (C=O) groups excluding carboxylic acids is 1. The highest BCUT2D eigenvalue weighted by atomic mass is 35.5. The monoisotopic (exact) mass is 431 g/mol. The van der Waals surface area contributed by atoms with E-state index in [-0.39, 0.29) is 5.91 Å². The van der Waals surface area contributed by atoms with Gasteiger partial charge in [0, 0.05) is 43.1 Å². The molecule has 29 heavy (non-hydrogen) atoms. The van der Waals surface area contributed by atoms with Gasteiger partial charge in [-0.2, -0.15) is 0 Å². The van der Waals surface area contributed by atoms with Gasteiger partial charge in [0.25, 0.3) is 0 Å². The van der Waals surface area contributed by atoms with E-state index in [0.717, 1.165) is 18.7 Å². The van der Waals surface area contributed by atoms with Crippen molar-refractivity contribution in [3.8, 4) is 11.3 Å². The molecule has 3 rings (SSSR count). The molecule has 1 aromatic heterocycles. The van der Waals surface area contributed by atoms with Crippen LogP contribution in [0.1, 0.15) is 17.9 Å². The van der Waals surface area contributed by atoms with Gasteiger partial charge >= 0.3 is 0 Å². The topological polar surface area (TPSA) is 58.4 Å². The molecule has 1 amide bonds. The van der Waals surface area contributed by atoms with E-state index in [1.165, 1.54) is 5.56 Å². The van der Waals surface area contributed by atoms with E-state index in [1.807, 2.05) is 25.2 Å². The number of hydrogen-bond acceptors (Lipinski definition) is 4. The highest BCUT2D eigenvalue weighted by molar-refractivity contribution is 6.36. The maximum Gasteiger partial charge on any atom is 0.220 e. The fourth-order valence-electron chi connectivity index (χ4n) is 2.91. The zero-order chi connectivity index (χ0) is 20.6. The lowest BCUT2D eigenvalue weighted by molar-refractivity contribution is -0.121. The molecule has 0 bridgehead atoms. The van der Waals surface area contributed by atoms with Crippen LogP contribution in [0.25, 0.3) is 11.3 Å². The normalized spacial score (nSPS) is 11.0. The van der Waals surface area contributed by atoms with Gasteiger partial charge in [0.15, 0.2) is 11.7 Å². The zero-order valence-corrected chi connectivity index (χ0v) is 17.7. The molecular formula is C22H23Cl2N3O2. The van der Waals surface area contributed by atoms with Crippen molar-refractivity contribution < 1.29 is 9.21 Å². The number of rotatable bonds is 9. The fourth-order valence-corrected chi connectivity index (χ4v) is 3.41. The molecule has 0 aliphatic carbocycles. The second-order valence-electron chi connectivity index (χ2n) is 6.82. The molecule has 2 aromatic carbocycles. The highest BCUT2D eigenvalue weighted by Gasteiger charge is 2.12. The summed E-state index contributed by atoms with van der Waals surface area (Å²) in [7, 11) is 2.04. The standard InChI is InChI=1S/C22H23Cl2N3O2/c1-27(15-16-5-3-2-4-6-16)12-11-25-21(28)9-10-22-26-14-20(29-22)18-8-7-17(23)13-19(18)24/h2-8,13-14H,9-12,15H2,1H3,(H,25,28). The Kier molecular flexibility index (Phi) is 7.69.